The Morgan fingerprint density at radius 2 is 2.25 bits per heavy atom. The van der Waals surface area contributed by atoms with Gasteiger partial charge in [0.05, 0.1) is 0 Å². The molecule has 2 saturated heterocycles. The highest BCUT2D eigenvalue weighted by atomic mass is 16.5. The Labute approximate surface area is 99.3 Å². The maximum Gasteiger partial charge on any atom is 0.0484 e. The molecule has 2 aliphatic rings. The molecule has 2 atom stereocenters. The molecular formula is C13H26N2O. The van der Waals surface area contributed by atoms with Crippen LogP contribution >= 0.6 is 0 Å². The number of likely N-dealkylation sites (tertiary alicyclic amines) is 1. The van der Waals surface area contributed by atoms with Crippen molar-refractivity contribution in [3.05, 3.63) is 0 Å². The van der Waals surface area contributed by atoms with Gasteiger partial charge in [0.25, 0.3) is 0 Å². The van der Waals surface area contributed by atoms with E-state index < -0.39 is 0 Å². The van der Waals surface area contributed by atoms with Crippen LogP contribution in [-0.4, -0.2) is 43.3 Å². The molecule has 94 valence electrons. The van der Waals surface area contributed by atoms with E-state index in [4.69, 9.17) is 10.5 Å². The van der Waals surface area contributed by atoms with Crippen molar-refractivity contribution in [3.8, 4) is 0 Å². The second-order valence-electron chi connectivity index (χ2n) is 5.40. The van der Waals surface area contributed by atoms with Gasteiger partial charge >= 0.3 is 0 Å². The lowest BCUT2D eigenvalue weighted by Gasteiger charge is -2.40. The van der Waals surface area contributed by atoms with Crippen LogP contribution in [0, 0.1) is 5.92 Å². The first-order valence-corrected chi connectivity index (χ1v) is 6.83. The van der Waals surface area contributed by atoms with E-state index in [1.807, 2.05) is 0 Å². The van der Waals surface area contributed by atoms with E-state index in [0.29, 0.717) is 0 Å². The van der Waals surface area contributed by atoms with E-state index in [1.165, 1.54) is 38.8 Å². The van der Waals surface area contributed by atoms with Crippen LogP contribution in [0.25, 0.3) is 0 Å². The Balaban J connectivity index is 2.02. The molecule has 2 N–H and O–H groups in total. The third-order valence-electron chi connectivity index (χ3n) is 4.56. The van der Waals surface area contributed by atoms with Gasteiger partial charge in [-0.25, -0.2) is 0 Å². The molecule has 0 aromatic carbocycles. The summed E-state index contributed by atoms with van der Waals surface area (Å²) < 4.78 is 5.58. The van der Waals surface area contributed by atoms with Crippen molar-refractivity contribution in [2.45, 2.75) is 44.6 Å². The fourth-order valence-electron chi connectivity index (χ4n) is 3.24. The first-order chi connectivity index (χ1) is 7.80. The Bertz CT molecular complexity index is 212. The molecule has 0 bridgehead atoms. The van der Waals surface area contributed by atoms with E-state index in [2.05, 4.69) is 11.8 Å². The number of hydrogen-bond donors (Lipinski definition) is 1. The summed E-state index contributed by atoms with van der Waals surface area (Å²) in [6.45, 7) is 7.42. The van der Waals surface area contributed by atoms with E-state index in [9.17, 15) is 0 Å². The van der Waals surface area contributed by atoms with Crippen LogP contribution in [0.5, 0.6) is 0 Å². The van der Waals surface area contributed by atoms with Crippen LogP contribution in [-0.2, 0) is 4.74 Å². The van der Waals surface area contributed by atoms with Gasteiger partial charge in [-0.3, -0.25) is 4.90 Å². The average molecular weight is 226 g/mol. The van der Waals surface area contributed by atoms with Crippen molar-refractivity contribution in [2.75, 3.05) is 32.8 Å². The molecule has 3 nitrogen and oxygen atoms in total. The third-order valence-corrected chi connectivity index (χ3v) is 4.56. The van der Waals surface area contributed by atoms with Crippen molar-refractivity contribution in [3.63, 3.8) is 0 Å². The molecule has 0 aromatic heterocycles. The van der Waals surface area contributed by atoms with Crippen molar-refractivity contribution in [2.24, 2.45) is 11.7 Å². The average Bonchev–Trinajstić information content (AvgIpc) is 2.68. The SMILES string of the molecule is CCC1CCN(C2(CN)CCCOCC2)C1. The summed E-state index contributed by atoms with van der Waals surface area (Å²) in [5.74, 6) is 0.896. The molecule has 3 heteroatoms. The summed E-state index contributed by atoms with van der Waals surface area (Å²) in [4.78, 5) is 2.66. The number of ether oxygens (including phenoxy) is 1. The van der Waals surface area contributed by atoms with Gasteiger partial charge in [0, 0.05) is 31.8 Å². The molecule has 2 aliphatic heterocycles. The lowest BCUT2D eigenvalue weighted by molar-refractivity contribution is 0.0843. The first kappa shape index (κ1) is 12.3. The fourth-order valence-corrected chi connectivity index (χ4v) is 3.24. The van der Waals surface area contributed by atoms with E-state index in [1.54, 1.807) is 0 Å². The van der Waals surface area contributed by atoms with Gasteiger partial charge in [-0.1, -0.05) is 13.3 Å². The molecule has 16 heavy (non-hydrogen) atoms. The van der Waals surface area contributed by atoms with Gasteiger partial charge in [-0.05, 0) is 38.1 Å². The first-order valence-electron chi connectivity index (χ1n) is 6.83. The molecule has 0 aromatic rings. The molecule has 2 rings (SSSR count). The molecule has 2 fully saturated rings. The third kappa shape index (κ3) is 2.41. The summed E-state index contributed by atoms with van der Waals surface area (Å²) in [5, 5.41) is 0. The number of nitrogens with zero attached hydrogens (tertiary/aromatic N) is 1. The predicted octanol–water partition coefficient (Wildman–Crippen LogP) is 1.62. The lowest BCUT2D eigenvalue weighted by Crippen LogP contribution is -2.53. The van der Waals surface area contributed by atoms with Crippen LogP contribution in [0.2, 0.25) is 0 Å². The highest BCUT2D eigenvalue weighted by Gasteiger charge is 2.39. The zero-order valence-corrected chi connectivity index (χ0v) is 10.6. The normalized spacial score (nSPS) is 37.5. The Hall–Kier alpha value is -0.120. The molecule has 2 unspecified atom stereocenters. The highest BCUT2D eigenvalue weighted by Crippen LogP contribution is 2.33. The molecular weight excluding hydrogens is 200 g/mol. The van der Waals surface area contributed by atoms with Crippen molar-refractivity contribution < 1.29 is 4.74 Å². The number of nitrogens with two attached hydrogens (primary N) is 1. The largest absolute Gasteiger partial charge is 0.381 e. The van der Waals surface area contributed by atoms with E-state index in [-0.39, 0.29) is 5.54 Å². The minimum atomic E-state index is 0.250. The van der Waals surface area contributed by atoms with E-state index in [0.717, 1.165) is 32.1 Å². The van der Waals surface area contributed by atoms with Crippen LogP contribution in [0.4, 0.5) is 0 Å². The molecule has 0 radical (unpaired) electrons. The van der Waals surface area contributed by atoms with Crippen LogP contribution in [0.3, 0.4) is 0 Å². The fraction of sp³-hybridized carbons (Fsp3) is 1.00. The molecule has 2 heterocycles. The molecule has 0 spiro atoms. The summed E-state index contributed by atoms with van der Waals surface area (Å²) in [6.07, 6.45) is 6.19. The monoisotopic (exact) mass is 226 g/mol. The molecule has 0 amide bonds. The zero-order chi connectivity index (χ0) is 11.4. The van der Waals surface area contributed by atoms with Gasteiger partial charge in [0.15, 0.2) is 0 Å². The number of hydrogen-bond acceptors (Lipinski definition) is 3. The highest BCUT2D eigenvalue weighted by molar-refractivity contribution is 4.96. The van der Waals surface area contributed by atoms with Gasteiger partial charge in [0.2, 0.25) is 0 Å². The van der Waals surface area contributed by atoms with Gasteiger partial charge < -0.3 is 10.5 Å². The Morgan fingerprint density at radius 1 is 1.38 bits per heavy atom. The van der Waals surface area contributed by atoms with Gasteiger partial charge in [-0.15, -0.1) is 0 Å². The minimum absolute atomic E-state index is 0.250. The van der Waals surface area contributed by atoms with Crippen molar-refractivity contribution in [1.29, 1.82) is 0 Å². The summed E-state index contributed by atoms with van der Waals surface area (Å²) in [5.41, 5.74) is 6.33. The zero-order valence-electron chi connectivity index (χ0n) is 10.6. The smallest absolute Gasteiger partial charge is 0.0484 e. The topological polar surface area (TPSA) is 38.5 Å². The second-order valence-corrected chi connectivity index (χ2v) is 5.40. The lowest BCUT2D eigenvalue weighted by atomic mass is 9.88. The van der Waals surface area contributed by atoms with Crippen molar-refractivity contribution in [1.82, 2.24) is 4.90 Å². The second kappa shape index (κ2) is 5.48. The standard InChI is InChI=1S/C13H26N2O/c1-2-12-4-7-15(10-12)13(11-14)5-3-8-16-9-6-13/h12H,2-11,14H2,1H3. The molecule has 0 aliphatic carbocycles. The summed E-state index contributed by atoms with van der Waals surface area (Å²) in [6, 6.07) is 0. The van der Waals surface area contributed by atoms with Crippen molar-refractivity contribution >= 4 is 0 Å². The van der Waals surface area contributed by atoms with Crippen LogP contribution in [0.1, 0.15) is 39.0 Å². The van der Waals surface area contributed by atoms with E-state index >= 15 is 0 Å². The maximum absolute atomic E-state index is 6.08. The number of rotatable bonds is 3. The van der Waals surface area contributed by atoms with Crippen LogP contribution in [0.15, 0.2) is 0 Å². The molecule has 0 saturated carbocycles. The van der Waals surface area contributed by atoms with Gasteiger partial charge in [-0.2, -0.15) is 0 Å². The minimum Gasteiger partial charge on any atom is -0.381 e. The van der Waals surface area contributed by atoms with Crippen LogP contribution < -0.4 is 5.73 Å². The Kier molecular flexibility index (Phi) is 4.22. The Morgan fingerprint density at radius 3 is 2.94 bits per heavy atom. The summed E-state index contributed by atoms with van der Waals surface area (Å²) >= 11 is 0. The quantitative estimate of drug-likeness (QED) is 0.794. The maximum atomic E-state index is 6.08. The van der Waals surface area contributed by atoms with Gasteiger partial charge in [0.1, 0.15) is 0 Å². The summed E-state index contributed by atoms with van der Waals surface area (Å²) in [7, 11) is 0. The predicted molar refractivity (Wildman–Crippen MR) is 66.4 cm³/mol.